The van der Waals surface area contributed by atoms with E-state index in [0.29, 0.717) is 30.6 Å². The molecule has 1 aromatic rings. The number of para-hydroxylation sites is 1. The number of rotatable bonds is 4. The van der Waals surface area contributed by atoms with Crippen LogP contribution >= 0.6 is 0 Å². The molecule has 4 rings (SSSR count). The SMILES string of the molecule is O=C(Nc1ccccc1S(=O)(=O)N1CCCCC1)C1CC2CCC1C2. The molecule has 1 N–H and O–H groups in total. The van der Waals surface area contributed by atoms with E-state index in [4.69, 9.17) is 0 Å². The third-order valence-corrected chi connectivity index (χ3v) is 8.11. The minimum atomic E-state index is -3.55. The van der Waals surface area contributed by atoms with Crippen LogP contribution in [0.2, 0.25) is 0 Å². The van der Waals surface area contributed by atoms with E-state index in [2.05, 4.69) is 5.32 Å². The highest BCUT2D eigenvalue weighted by molar-refractivity contribution is 7.89. The number of carbonyl (C=O) groups excluding carboxylic acids is 1. The molecule has 1 aliphatic heterocycles. The van der Waals surface area contributed by atoms with E-state index in [0.717, 1.165) is 38.5 Å². The molecule has 3 aliphatic rings. The Bertz CT molecular complexity index is 756. The normalized spacial score (nSPS) is 29.7. The second-order valence-corrected chi connectivity index (χ2v) is 9.64. The standard InChI is InChI=1S/C19H26N2O3S/c22-19(16-13-14-8-9-15(16)12-14)20-17-6-2-3-7-18(17)25(23,24)21-10-4-1-5-11-21/h2-3,6-7,14-16H,1,4-5,8-13H2,(H,20,22). The summed E-state index contributed by atoms with van der Waals surface area (Å²) < 4.78 is 27.6. The van der Waals surface area contributed by atoms with E-state index in [1.54, 1.807) is 28.6 Å². The Hall–Kier alpha value is -1.40. The summed E-state index contributed by atoms with van der Waals surface area (Å²) in [6.45, 7) is 1.13. The predicted octanol–water partition coefficient (Wildman–Crippen LogP) is 3.24. The van der Waals surface area contributed by atoms with Gasteiger partial charge in [0.05, 0.1) is 5.69 Å². The van der Waals surface area contributed by atoms with Gasteiger partial charge in [-0.2, -0.15) is 4.31 Å². The molecule has 0 aromatic heterocycles. The Morgan fingerprint density at radius 1 is 1.04 bits per heavy atom. The van der Waals surface area contributed by atoms with Crippen molar-refractivity contribution in [3.05, 3.63) is 24.3 Å². The van der Waals surface area contributed by atoms with Gasteiger partial charge in [0.2, 0.25) is 15.9 Å². The van der Waals surface area contributed by atoms with Crippen LogP contribution in [0.1, 0.15) is 44.9 Å². The summed E-state index contributed by atoms with van der Waals surface area (Å²) in [6.07, 6.45) is 7.38. The Labute approximate surface area is 149 Å². The monoisotopic (exact) mass is 362 g/mol. The fourth-order valence-electron chi connectivity index (χ4n) is 4.83. The van der Waals surface area contributed by atoms with Gasteiger partial charge in [0.1, 0.15) is 4.90 Å². The first kappa shape index (κ1) is 17.0. The lowest BCUT2D eigenvalue weighted by Gasteiger charge is -2.27. The second-order valence-electron chi connectivity index (χ2n) is 7.73. The first-order valence-electron chi connectivity index (χ1n) is 9.46. The summed E-state index contributed by atoms with van der Waals surface area (Å²) in [5.74, 6) is 1.21. The quantitative estimate of drug-likeness (QED) is 0.894. The number of anilines is 1. The molecule has 2 bridgehead atoms. The predicted molar refractivity (Wildman–Crippen MR) is 96.6 cm³/mol. The van der Waals surface area contributed by atoms with Crippen LogP contribution in [0.15, 0.2) is 29.2 Å². The highest BCUT2D eigenvalue weighted by Gasteiger charge is 2.43. The summed E-state index contributed by atoms with van der Waals surface area (Å²) >= 11 is 0. The van der Waals surface area contributed by atoms with E-state index >= 15 is 0 Å². The van der Waals surface area contributed by atoms with Crippen molar-refractivity contribution in [2.75, 3.05) is 18.4 Å². The molecule has 3 atom stereocenters. The third-order valence-electron chi connectivity index (χ3n) is 6.15. The van der Waals surface area contributed by atoms with E-state index in [9.17, 15) is 13.2 Å². The maximum atomic E-state index is 13.0. The number of piperidine rings is 1. The number of fused-ring (bicyclic) bond motifs is 2. The molecule has 1 aromatic carbocycles. The van der Waals surface area contributed by atoms with Crippen molar-refractivity contribution in [3.63, 3.8) is 0 Å². The van der Waals surface area contributed by atoms with Crippen LogP contribution in [-0.4, -0.2) is 31.7 Å². The average Bonchev–Trinajstić information content (AvgIpc) is 3.26. The summed E-state index contributed by atoms with van der Waals surface area (Å²) in [6, 6.07) is 6.83. The molecule has 2 saturated carbocycles. The highest BCUT2D eigenvalue weighted by Crippen LogP contribution is 2.48. The number of hydrogen-bond donors (Lipinski definition) is 1. The van der Waals surface area contributed by atoms with Crippen LogP contribution in [-0.2, 0) is 14.8 Å². The van der Waals surface area contributed by atoms with Crippen LogP contribution in [0, 0.1) is 17.8 Å². The lowest BCUT2D eigenvalue weighted by atomic mass is 9.88. The third kappa shape index (κ3) is 3.22. The van der Waals surface area contributed by atoms with Crippen LogP contribution < -0.4 is 5.32 Å². The Morgan fingerprint density at radius 2 is 1.80 bits per heavy atom. The van der Waals surface area contributed by atoms with Gasteiger partial charge in [-0.3, -0.25) is 4.79 Å². The van der Waals surface area contributed by atoms with Gasteiger partial charge in [0, 0.05) is 19.0 Å². The lowest BCUT2D eigenvalue weighted by molar-refractivity contribution is -0.121. The van der Waals surface area contributed by atoms with Crippen LogP contribution in [0.25, 0.3) is 0 Å². The fourth-order valence-corrected chi connectivity index (χ4v) is 6.50. The minimum Gasteiger partial charge on any atom is -0.325 e. The van der Waals surface area contributed by atoms with Crippen LogP contribution in [0.5, 0.6) is 0 Å². The van der Waals surface area contributed by atoms with E-state index in [1.807, 2.05) is 0 Å². The zero-order valence-corrected chi connectivity index (χ0v) is 15.3. The van der Waals surface area contributed by atoms with Gasteiger partial charge >= 0.3 is 0 Å². The molecule has 1 amide bonds. The van der Waals surface area contributed by atoms with Crippen molar-refractivity contribution in [3.8, 4) is 0 Å². The molecule has 0 spiro atoms. The number of hydrogen-bond acceptors (Lipinski definition) is 3. The first-order chi connectivity index (χ1) is 12.1. The number of nitrogens with zero attached hydrogens (tertiary/aromatic N) is 1. The van der Waals surface area contributed by atoms with Crippen molar-refractivity contribution in [2.24, 2.45) is 17.8 Å². The minimum absolute atomic E-state index is 0.00602. The highest BCUT2D eigenvalue weighted by atomic mass is 32.2. The summed E-state index contributed by atoms with van der Waals surface area (Å²) in [5, 5.41) is 2.94. The van der Waals surface area contributed by atoms with Gasteiger partial charge in [0.15, 0.2) is 0 Å². The maximum absolute atomic E-state index is 13.0. The Morgan fingerprint density at radius 3 is 2.48 bits per heavy atom. The molecule has 6 heteroatoms. The number of amides is 1. The largest absolute Gasteiger partial charge is 0.325 e. The molecule has 25 heavy (non-hydrogen) atoms. The smallest absolute Gasteiger partial charge is 0.245 e. The molecule has 0 radical (unpaired) electrons. The zero-order valence-electron chi connectivity index (χ0n) is 14.5. The van der Waals surface area contributed by atoms with Crippen molar-refractivity contribution in [1.29, 1.82) is 0 Å². The second kappa shape index (κ2) is 6.72. The molecule has 5 nitrogen and oxygen atoms in total. The maximum Gasteiger partial charge on any atom is 0.245 e. The number of carbonyl (C=O) groups is 1. The Balaban J connectivity index is 1.55. The molecule has 2 aliphatic carbocycles. The van der Waals surface area contributed by atoms with Crippen LogP contribution in [0.4, 0.5) is 5.69 Å². The number of nitrogens with one attached hydrogen (secondary N) is 1. The summed E-state index contributed by atoms with van der Waals surface area (Å²) in [5.41, 5.74) is 0.431. The van der Waals surface area contributed by atoms with Gasteiger partial charge in [0.25, 0.3) is 0 Å². The van der Waals surface area contributed by atoms with E-state index in [-0.39, 0.29) is 16.7 Å². The molecular weight excluding hydrogens is 336 g/mol. The molecule has 1 saturated heterocycles. The van der Waals surface area contributed by atoms with Crippen LogP contribution in [0.3, 0.4) is 0 Å². The first-order valence-corrected chi connectivity index (χ1v) is 10.9. The molecule has 3 fully saturated rings. The summed E-state index contributed by atoms with van der Waals surface area (Å²) in [4.78, 5) is 13.0. The molecular formula is C19H26N2O3S. The zero-order chi connectivity index (χ0) is 17.4. The van der Waals surface area contributed by atoms with Gasteiger partial charge in [-0.1, -0.05) is 25.0 Å². The van der Waals surface area contributed by atoms with E-state index < -0.39 is 10.0 Å². The van der Waals surface area contributed by atoms with Crippen molar-refractivity contribution < 1.29 is 13.2 Å². The van der Waals surface area contributed by atoms with Gasteiger partial charge < -0.3 is 5.32 Å². The lowest BCUT2D eigenvalue weighted by Crippen LogP contribution is -2.36. The Kier molecular flexibility index (Phi) is 4.58. The number of sulfonamides is 1. The number of benzene rings is 1. The van der Waals surface area contributed by atoms with Crippen molar-refractivity contribution in [2.45, 2.75) is 49.8 Å². The van der Waals surface area contributed by atoms with Crippen molar-refractivity contribution in [1.82, 2.24) is 4.31 Å². The van der Waals surface area contributed by atoms with Gasteiger partial charge in [-0.05, 0) is 56.1 Å². The molecule has 3 unspecified atom stereocenters. The topological polar surface area (TPSA) is 66.5 Å². The van der Waals surface area contributed by atoms with Gasteiger partial charge in [-0.15, -0.1) is 0 Å². The van der Waals surface area contributed by atoms with Gasteiger partial charge in [-0.25, -0.2) is 8.42 Å². The molecule has 136 valence electrons. The fraction of sp³-hybridized carbons (Fsp3) is 0.632. The summed E-state index contributed by atoms with van der Waals surface area (Å²) in [7, 11) is -3.55. The van der Waals surface area contributed by atoms with E-state index in [1.165, 1.54) is 6.42 Å². The molecule has 1 heterocycles. The van der Waals surface area contributed by atoms with Crippen molar-refractivity contribution >= 4 is 21.6 Å². The average molecular weight is 362 g/mol.